The molecule has 80 valence electrons. The van der Waals surface area contributed by atoms with Gasteiger partial charge >= 0.3 is 0 Å². The van der Waals surface area contributed by atoms with Gasteiger partial charge in [-0.1, -0.05) is 0 Å². The van der Waals surface area contributed by atoms with Crippen LogP contribution in [0.5, 0.6) is 0 Å². The van der Waals surface area contributed by atoms with Gasteiger partial charge in [-0.25, -0.2) is 0 Å². The summed E-state index contributed by atoms with van der Waals surface area (Å²) in [5, 5.41) is 0.526. The maximum atomic E-state index is 11.7. The molecule has 0 aromatic rings. The van der Waals surface area contributed by atoms with Gasteiger partial charge in [0, 0.05) is 14.1 Å². The molecule has 1 unspecified atom stereocenters. The number of amides is 1. The highest BCUT2D eigenvalue weighted by molar-refractivity contribution is 7.80. The number of hydrogen-bond donors (Lipinski definition) is 0. The Hall–Kier alpha value is -0.463. The second-order valence-corrected chi connectivity index (χ2v) is 9.20. The molecule has 0 spiro atoms. The van der Waals surface area contributed by atoms with E-state index >= 15 is 0 Å². The molecule has 1 amide bonds. The zero-order valence-corrected chi connectivity index (χ0v) is 11.0. The van der Waals surface area contributed by atoms with Crippen LogP contribution in [0.1, 0.15) is 0 Å². The van der Waals surface area contributed by atoms with Crippen LogP contribution in [-0.4, -0.2) is 49.5 Å². The van der Waals surface area contributed by atoms with Crippen LogP contribution in [0.25, 0.3) is 0 Å². The van der Waals surface area contributed by atoms with Crippen molar-refractivity contribution in [1.82, 2.24) is 9.80 Å². The number of carbonyl (C=O) groups is 1. The monoisotopic (exact) mass is 232 g/mol. The Morgan fingerprint density at radius 1 is 1.36 bits per heavy atom. The quantitative estimate of drug-likeness (QED) is 0.522. The number of nitrogens with zero attached hydrogens (tertiary/aromatic N) is 2. The molecule has 0 N–H and O–H groups in total. The average molecular weight is 232 g/mol. The Balaban J connectivity index is 2.81. The molecule has 1 heterocycles. The van der Waals surface area contributed by atoms with E-state index in [4.69, 9.17) is 16.6 Å². The maximum Gasteiger partial charge on any atom is 0.277 e. The second kappa shape index (κ2) is 3.60. The number of rotatable bonds is 2. The summed E-state index contributed by atoms with van der Waals surface area (Å²) in [6.45, 7) is 6.15. The first-order valence-electron chi connectivity index (χ1n) is 4.46. The highest BCUT2D eigenvalue weighted by Crippen LogP contribution is 2.19. The summed E-state index contributed by atoms with van der Waals surface area (Å²) < 4.78 is 5.75. The molecule has 1 aliphatic rings. The summed E-state index contributed by atoms with van der Waals surface area (Å²) in [6, 6.07) is 0. The fourth-order valence-corrected chi connectivity index (χ4v) is 2.34. The van der Waals surface area contributed by atoms with Gasteiger partial charge in [0.2, 0.25) is 6.23 Å². The summed E-state index contributed by atoms with van der Waals surface area (Å²) in [5.41, 5.74) is 0. The van der Waals surface area contributed by atoms with E-state index < -0.39 is 14.5 Å². The van der Waals surface area contributed by atoms with Crippen molar-refractivity contribution in [3.8, 4) is 0 Å². The Morgan fingerprint density at radius 3 is 2.14 bits per heavy atom. The number of hydrogen-bond acceptors (Lipinski definition) is 3. The highest BCUT2D eigenvalue weighted by atomic mass is 32.1. The first-order valence-corrected chi connectivity index (χ1v) is 8.28. The smallest absolute Gasteiger partial charge is 0.277 e. The zero-order chi connectivity index (χ0) is 11.1. The summed E-state index contributed by atoms with van der Waals surface area (Å²) in [6.07, 6.45) is -0.515. The summed E-state index contributed by atoms with van der Waals surface area (Å²) in [5.74, 6) is -0.0695. The van der Waals surface area contributed by atoms with Gasteiger partial charge in [0.25, 0.3) is 5.91 Å². The van der Waals surface area contributed by atoms with E-state index in [-0.39, 0.29) is 5.91 Å². The summed E-state index contributed by atoms with van der Waals surface area (Å²) in [7, 11) is 1.75. The van der Waals surface area contributed by atoms with Gasteiger partial charge in [0.05, 0.1) is 0 Å². The molecule has 1 saturated heterocycles. The molecule has 4 nitrogen and oxygen atoms in total. The van der Waals surface area contributed by atoms with E-state index in [1.807, 2.05) is 0 Å². The van der Waals surface area contributed by atoms with Crippen LogP contribution < -0.4 is 0 Å². The average Bonchev–Trinajstić information content (AvgIpc) is 2.20. The predicted octanol–water partition coefficient (Wildman–Crippen LogP) is 0.853. The molecule has 0 aliphatic carbocycles. The SMILES string of the molecule is CN1C(=O)C(O[Si](C)(C)C)N(C)C1=S. The lowest BCUT2D eigenvalue weighted by Crippen LogP contribution is -2.42. The third-order valence-electron chi connectivity index (χ3n) is 1.95. The number of likely N-dealkylation sites (N-methyl/N-ethyl adjacent to an activating group) is 2. The van der Waals surface area contributed by atoms with Crippen molar-refractivity contribution in [3.63, 3.8) is 0 Å². The Morgan fingerprint density at radius 2 is 1.86 bits per heavy atom. The van der Waals surface area contributed by atoms with Gasteiger partial charge in [-0.15, -0.1) is 0 Å². The van der Waals surface area contributed by atoms with E-state index in [0.29, 0.717) is 5.11 Å². The lowest BCUT2D eigenvalue weighted by molar-refractivity contribution is -0.134. The molecular weight excluding hydrogens is 216 g/mol. The first-order chi connectivity index (χ1) is 6.24. The van der Waals surface area contributed by atoms with Crippen molar-refractivity contribution >= 4 is 31.6 Å². The topological polar surface area (TPSA) is 32.8 Å². The Kier molecular flexibility index (Phi) is 2.98. The second-order valence-electron chi connectivity index (χ2n) is 4.37. The van der Waals surface area contributed by atoms with Crippen molar-refractivity contribution in [2.24, 2.45) is 0 Å². The maximum absolute atomic E-state index is 11.7. The summed E-state index contributed by atoms with van der Waals surface area (Å²) in [4.78, 5) is 14.9. The molecule has 14 heavy (non-hydrogen) atoms. The Labute approximate surface area is 90.9 Å². The standard InChI is InChI=1S/C8H16N2O2SSi/c1-9-6(11)7(10(2)8(9)13)12-14(3,4)5/h7H,1-5H3. The lowest BCUT2D eigenvalue weighted by atomic mass is 10.5. The molecule has 1 fully saturated rings. The molecule has 0 aromatic heterocycles. The molecule has 0 aromatic carbocycles. The van der Waals surface area contributed by atoms with Crippen molar-refractivity contribution in [3.05, 3.63) is 0 Å². The minimum Gasteiger partial charge on any atom is -0.391 e. The molecule has 0 radical (unpaired) electrons. The Bertz CT molecular complexity index is 277. The van der Waals surface area contributed by atoms with Crippen LogP contribution in [-0.2, 0) is 9.22 Å². The van der Waals surface area contributed by atoms with Crippen LogP contribution in [0.2, 0.25) is 19.6 Å². The van der Waals surface area contributed by atoms with Crippen LogP contribution in [0, 0.1) is 0 Å². The van der Waals surface area contributed by atoms with E-state index in [9.17, 15) is 4.79 Å². The van der Waals surface area contributed by atoms with Gasteiger partial charge < -0.3 is 9.33 Å². The number of carbonyl (C=O) groups excluding carboxylic acids is 1. The lowest BCUT2D eigenvalue weighted by Gasteiger charge is -2.25. The van der Waals surface area contributed by atoms with E-state index in [0.717, 1.165) is 0 Å². The molecule has 6 heteroatoms. The third kappa shape index (κ3) is 2.13. The van der Waals surface area contributed by atoms with Crippen molar-refractivity contribution in [2.45, 2.75) is 25.9 Å². The van der Waals surface area contributed by atoms with E-state index in [1.54, 1.807) is 19.0 Å². The van der Waals surface area contributed by atoms with Gasteiger partial charge in [-0.3, -0.25) is 9.69 Å². The van der Waals surface area contributed by atoms with Crippen LogP contribution >= 0.6 is 12.2 Å². The van der Waals surface area contributed by atoms with Crippen LogP contribution in [0.3, 0.4) is 0 Å². The predicted molar refractivity (Wildman–Crippen MR) is 61.4 cm³/mol. The highest BCUT2D eigenvalue weighted by Gasteiger charge is 2.41. The van der Waals surface area contributed by atoms with Crippen LogP contribution in [0.15, 0.2) is 0 Å². The largest absolute Gasteiger partial charge is 0.391 e. The van der Waals surface area contributed by atoms with E-state index in [2.05, 4.69) is 19.6 Å². The molecule has 1 rings (SSSR count). The van der Waals surface area contributed by atoms with Crippen LogP contribution in [0.4, 0.5) is 0 Å². The molecule has 0 bridgehead atoms. The van der Waals surface area contributed by atoms with Crippen molar-refractivity contribution < 1.29 is 9.22 Å². The summed E-state index contributed by atoms with van der Waals surface area (Å²) >= 11 is 5.07. The normalized spacial score (nSPS) is 23.6. The van der Waals surface area contributed by atoms with Crippen molar-refractivity contribution in [1.29, 1.82) is 0 Å². The molecule has 1 aliphatic heterocycles. The minimum atomic E-state index is -1.71. The number of thiocarbonyl (C=S) groups is 1. The molecular formula is C8H16N2O2SSi. The van der Waals surface area contributed by atoms with Gasteiger partial charge in [0.15, 0.2) is 13.4 Å². The molecule has 1 atom stereocenters. The zero-order valence-electron chi connectivity index (χ0n) is 9.20. The minimum absolute atomic E-state index is 0.0695. The molecule has 0 saturated carbocycles. The third-order valence-corrected chi connectivity index (χ3v) is 3.44. The van der Waals surface area contributed by atoms with Gasteiger partial charge in [-0.05, 0) is 31.9 Å². The fourth-order valence-electron chi connectivity index (χ4n) is 1.23. The van der Waals surface area contributed by atoms with Gasteiger partial charge in [-0.2, -0.15) is 0 Å². The van der Waals surface area contributed by atoms with E-state index in [1.165, 1.54) is 4.90 Å². The van der Waals surface area contributed by atoms with Crippen molar-refractivity contribution in [2.75, 3.05) is 14.1 Å². The van der Waals surface area contributed by atoms with Gasteiger partial charge in [0.1, 0.15) is 0 Å². The fraction of sp³-hybridized carbons (Fsp3) is 0.750. The first kappa shape index (κ1) is 11.6.